The normalized spacial score (nSPS) is 10.6. The van der Waals surface area contributed by atoms with Crippen molar-refractivity contribution in [1.82, 2.24) is 15.1 Å². The monoisotopic (exact) mass is 289 g/mol. The number of nitrogens with zero attached hydrogens (tertiary/aromatic N) is 2. The van der Waals surface area contributed by atoms with Crippen molar-refractivity contribution in [3.8, 4) is 11.5 Å². The molecule has 1 aromatic carbocycles. The van der Waals surface area contributed by atoms with E-state index >= 15 is 0 Å². The summed E-state index contributed by atoms with van der Waals surface area (Å²) in [5.74, 6) is 1.51. The molecule has 0 unspecified atom stereocenters. The van der Waals surface area contributed by atoms with Crippen LogP contribution in [0.15, 0.2) is 30.6 Å². The van der Waals surface area contributed by atoms with Gasteiger partial charge in [-0.3, -0.25) is 4.68 Å². The number of nitrogens with one attached hydrogen (secondary N) is 1. The summed E-state index contributed by atoms with van der Waals surface area (Å²) in [5, 5.41) is 7.50. The summed E-state index contributed by atoms with van der Waals surface area (Å²) < 4.78 is 13.0. The lowest BCUT2D eigenvalue weighted by atomic mass is 10.2. The Morgan fingerprint density at radius 3 is 2.76 bits per heavy atom. The summed E-state index contributed by atoms with van der Waals surface area (Å²) in [7, 11) is 3.55. The van der Waals surface area contributed by atoms with Gasteiger partial charge in [-0.1, -0.05) is 13.0 Å². The molecule has 21 heavy (non-hydrogen) atoms. The van der Waals surface area contributed by atoms with Crippen LogP contribution >= 0.6 is 0 Å². The van der Waals surface area contributed by atoms with Gasteiger partial charge in [0.25, 0.3) is 0 Å². The number of benzene rings is 1. The molecule has 1 heterocycles. The quantitative estimate of drug-likeness (QED) is 0.759. The number of rotatable bonds is 8. The van der Waals surface area contributed by atoms with Gasteiger partial charge in [0.05, 0.1) is 13.3 Å². The number of aromatic nitrogens is 2. The van der Waals surface area contributed by atoms with Gasteiger partial charge in [-0.05, 0) is 30.7 Å². The lowest BCUT2D eigenvalue weighted by Gasteiger charge is -2.12. The molecule has 2 rings (SSSR count). The van der Waals surface area contributed by atoms with Crippen molar-refractivity contribution in [1.29, 1.82) is 0 Å². The summed E-state index contributed by atoms with van der Waals surface area (Å²) in [6, 6.07) is 6.03. The molecule has 0 spiro atoms. The number of methoxy groups -OCH3 is 1. The van der Waals surface area contributed by atoms with Crippen molar-refractivity contribution in [3.05, 3.63) is 41.7 Å². The number of hydrogen-bond donors (Lipinski definition) is 1. The average molecular weight is 289 g/mol. The fraction of sp³-hybridized carbons (Fsp3) is 0.438. The molecule has 5 heteroatoms. The maximum atomic E-state index is 5.81. The van der Waals surface area contributed by atoms with Crippen LogP contribution in [0.3, 0.4) is 0 Å². The van der Waals surface area contributed by atoms with Gasteiger partial charge in [-0.25, -0.2) is 0 Å². The minimum absolute atomic E-state index is 0.484. The first-order valence-electron chi connectivity index (χ1n) is 7.21. The van der Waals surface area contributed by atoms with Gasteiger partial charge in [0.2, 0.25) is 0 Å². The van der Waals surface area contributed by atoms with Gasteiger partial charge in [0, 0.05) is 25.4 Å². The van der Waals surface area contributed by atoms with E-state index in [4.69, 9.17) is 9.47 Å². The molecule has 0 amide bonds. The van der Waals surface area contributed by atoms with Crippen molar-refractivity contribution >= 4 is 0 Å². The van der Waals surface area contributed by atoms with Gasteiger partial charge in [-0.2, -0.15) is 5.10 Å². The van der Waals surface area contributed by atoms with Crippen molar-refractivity contribution < 1.29 is 9.47 Å². The maximum absolute atomic E-state index is 5.81. The Kier molecular flexibility index (Phi) is 5.63. The predicted molar refractivity (Wildman–Crippen MR) is 82.5 cm³/mol. The zero-order valence-electron chi connectivity index (χ0n) is 12.9. The Morgan fingerprint density at radius 2 is 2.10 bits per heavy atom. The van der Waals surface area contributed by atoms with Crippen LogP contribution in [0.4, 0.5) is 0 Å². The molecule has 0 saturated heterocycles. The third-order valence-corrected chi connectivity index (χ3v) is 3.14. The Balaban J connectivity index is 1.98. The van der Waals surface area contributed by atoms with E-state index in [1.807, 2.05) is 25.4 Å². The standard InChI is InChI=1S/C16H23N3O2/c1-4-7-17-9-13-5-6-15(16(8-13)20-3)21-12-14-10-18-19(2)11-14/h5-6,8,10-11,17H,4,7,9,12H2,1-3H3. The summed E-state index contributed by atoms with van der Waals surface area (Å²) in [6.07, 6.45) is 4.87. The molecule has 0 aliphatic heterocycles. The highest BCUT2D eigenvalue weighted by atomic mass is 16.5. The Hall–Kier alpha value is -2.01. The maximum Gasteiger partial charge on any atom is 0.161 e. The molecule has 5 nitrogen and oxygen atoms in total. The molecule has 2 aromatic rings. The first kappa shape index (κ1) is 15.4. The van der Waals surface area contributed by atoms with Crippen molar-refractivity contribution in [3.63, 3.8) is 0 Å². The highest BCUT2D eigenvalue weighted by Crippen LogP contribution is 2.28. The van der Waals surface area contributed by atoms with Crippen LogP contribution < -0.4 is 14.8 Å². The van der Waals surface area contributed by atoms with Crippen LogP contribution in [0.2, 0.25) is 0 Å². The lowest BCUT2D eigenvalue weighted by molar-refractivity contribution is 0.284. The van der Waals surface area contributed by atoms with Gasteiger partial charge < -0.3 is 14.8 Å². The average Bonchev–Trinajstić information content (AvgIpc) is 2.91. The van der Waals surface area contributed by atoms with Crippen molar-refractivity contribution in [2.45, 2.75) is 26.5 Å². The minimum Gasteiger partial charge on any atom is -0.493 e. The van der Waals surface area contributed by atoms with E-state index in [9.17, 15) is 0 Å². The Bertz CT molecular complexity index is 566. The molecule has 114 valence electrons. The van der Waals surface area contributed by atoms with E-state index < -0.39 is 0 Å². The minimum atomic E-state index is 0.484. The fourth-order valence-electron chi connectivity index (χ4n) is 2.06. The third-order valence-electron chi connectivity index (χ3n) is 3.14. The molecular formula is C16H23N3O2. The van der Waals surface area contributed by atoms with E-state index in [-0.39, 0.29) is 0 Å². The molecule has 1 aromatic heterocycles. The Morgan fingerprint density at radius 1 is 1.24 bits per heavy atom. The van der Waals surface area contributed by atoms with Crippen LogP contribution in [0.5, 0.6) is 11.5 Å². The van der Waals surface area contributed by atoms with Crippen LogP contribution in [0, 0.1) is 0 Å². The Labute approximate surface area is 125 Å². The topological polar surface area (TPSA) is 48.3 Å². The first-order chi connectivity index (χ1) is 10.2. The highest BCUT2D eigenvalue weighted by molar-refractivity contribution is 5.43. The second kappa shape index (κ2) is 7.69. The lowest BCUT2D eigenvalue weighted by Crippen LogP contribution is -2.13. The molecule has 0 atom stereocenters. The molecule has 0 aliphatic rings. The molecule has 0 saturated carbocycles. The third kappa shape index (κ3) is 4.49. The molecule has 0 aliphatic carbocycles. The van der Waals surface area contributed by atoms with Crippen LogP contribution in [0.25, 0.3) is 0 Å². The van der Waals surface area contributed by atoms with Gasteiger partial charge in [-0.15, -0.1) is 0 Å². The number of ether oxygens (including phenoxy) is 2. The van der Waals surface area contributed by atoms with Crippen LogP contribution in [-0.2, 0) is 20.2 Å². The second-order valence-corrected chi connectivity index (χ2v) is 4.97. The summed E-state index contributed by atoms with van der Waals surface area (Å²) >= 11 is 0. The molecule has 1 N–H and O–H groups in total. The van der Waals surface area contributed by atoms with Crippen LogP contribution in [-0.4, -0.2) is 23.4 Å². The van der Waals surface area contributed by atoms with Gasteiger partial charge in [0.1, 0.15) is 6.61 Å². The molecular weight excluding hydrogens is 266 g/mol. The van der Waals surface area contributed by atoms with Gasteiger partial charge >= 0.3 is 0 Å². The van der Waals surface area contributed by atoms with Crippen molar-refractivity contribution in [2.24, 2.45) is 7.05 Å². The highest BCUT2D eigenvalue weighted by Gasteiger charge is 2.07. The summed E-state index contributed by atoms with van der Waals surface area (Å²) in [5.41, 5.74) is 2.22. The number of aryl methyl sites for hydroxylation is 1. The van der Waals surface area contributed by atoms with Crippen molar-refractivity contribution in [2.75, 3.05) is 13.7 Å². The van der Waals surface area contributed by atoms with E-state index in [1.165, 1.54) is 5.56 Å². The predicted octanol–water partition coefficient (Wildman–Crippen LogP) is 2.51. The second-order valence-electron chi connectivity index (χ2n) is 4.97. The first-order valence-corrected chi connectivity index (χ1v) is 7.21. The molecule has 0 radical (unpaired) electrons. The number of hydrogen-bond acceptors (Lipinski definition) is 4. The summed E-state index contributed by atoms with van der Waals surface area (Å²) in [6.45, 7) is 4.50. The molecule has 0 fully saturated rings. The zero-order valence-corrected chi connectivity index (χ0v) is 12.9. The summed E-state index contributed by atoms with van der Waals surface area (Å²) in [4.78, 5) is 0. The largest absolute Gasteiger partial charge is 0.493 e. The zero-order chi connectivity index (χ0) is 15.1. The fourth-order valence-corrected chi connectivity index (χ4v) is 2.06. The smallest absolute Gasteiger partial charge is 0.161 e. The molecule has 0 bridgehead atoms. The SMILES string of the molecule is CCCNCc1ccc(OCc2cnn(C)c2)c(OC)c1. The van der Waals surface area contributed by atoms with Gasteiger partial charge in [0.15, 0.2) is 11.5 Å². The van der Waals surface area contributed by atoms with Crippen LogP contribution in [0.1, 0.15) is 24.5 Å². The van der Waals surface area contributed by atoms with E-state index in [0.717, 1.165) is 36.6 Å². The van der Waals surface area contributed by atoms with E-state index in [1.54, 1.807) is 18.0 Å². The van der Waals surface area contributed by atoms with E-state index in [2.05, 4.69) is 23.4 Å². The van der Waals surface area contributed by atoms with E-state index in [0.29, 0.717) is 6.61 Å².